The Labute approximate surface area is 138 Å². The standard InChI is InChI=1S/C17H16N4O3/c1-11-3-4-12(2)15(9-11)24-10-16-18-17(20-19-16)13-5-7-14(8-6-13)21(22)23/h3-9H,10H2,1-2H3,(H,18,19,20). The maximum atomic E-state index is 10.7. The molecule has 0 bridgehead atoms. The number of nitro benzene ring substituents is 1. The van der Waals surface area contributed by atoms with Gasteiger partial charge in [-0.25, -0.2) is 4.98 Å². The summed E-state index contributed by atoms with van der Waals surface area (Å²) < 4.78 is 5.78. The van der Waals surface area contributed by atoms with Crippen molar-refractivity contribution in [2.45, 2.75) is 20.5 Å². The zero-order valence-electron chi connectivity index (χ0n) is 13.3. The van der Waals surface area contributed by atoms with E-state index in [-0.39, 0.29) is 12.3 Å². The Bertz CT molecular complexity index is 872. The molecule has 0 aliphatic carbocycles. The molecule has 0 fully saturated rings. The molecular formula is C17H16N4O3. The molecule has 2 aromatic carbocycles. The molecule has 0 aliphatic rings. The summed E-state index contributed by atoms with van der Waals surface area (Å²) in [7, 11) is 0. The third kappa shape index (κ3) is 3.40. The minimum Gasteiger partial charge on any atom is -0.485 e. The zero-order valence-corrected chi connectivity index (χ0v) is 13.3. The van der Waals surface area contributed by atoms with Crippen molar-refractivity contribution in [3.8, 4) is 17.1 Å². The maximum Gasteiger partial charge on any atom is 0.269 e. The lowest BCUT2D eigenvalue weighted by molar-refractivity contribution is -0.384. The summed E-state index contributed by atoms with van der Waals surface area (Å²) in [5, 5.41) is 17.6. The Hall–Kier alpha value is -3.22. The normalized spacial score (nSPS) is 10.6. The molecule has 0 spiro atoms. The van der Waals surface area contributed by atoms with Crippen LogP contribution in [0.5, 0.6) is 5.75 Å². The molecule has 3 aromatic rings. The van der Waals surface area contributed by atoms with Gasteiger partial charge >= 0.3 is 0 Å². The molecule has 3 rings (SSSR count). The number of benzene rings is 2. The first-order valence-electron chi connectivity index (χ1n) is 7.39. The monoisotopic (exact) mass is 324 g/mol. The molecule has 1 aromatic heterocycles. The van der Waals surface area contributed by atoms with E-state index in [1.807, 2.05) is 32.0 Å². The highest BCUT2D eigenvalue weighted by Crippen LogP contribution is 2.21. The highest BCUT2D eigenvalue weighted by molar-refractivity contribution is 5.56. The largest absolute Gasteiger partial charge is 0.485 e. The second kappa shape index (κ2) is 6.49. The van der Waals surface area contributed by atoms with Crippen molar-refractivity contribution in [1.29, 1.82) is 0 Å². The number of nitro groups is 1. The number of ether oxygens (including phenoxy) is 1. The average molecular weight is 324 g/mol. The van der Waals surface area contributed by atoms with Crippen LogP contribution in [0.15, 0.2) is 42.5 Å². The molecule has 0 radical (unpaired) electrons. The van der Waals surface area contributed by atoms with Crippen LogP contribution in [0, 0.1) is 24.0 Å². The highest BCUT2D eigenvalue weighted by Gasteiger charge is 2.10. The Morgan fingerprint density at radius 1 is 1.17 bits per heavy atom. The fourth-order valence-corrected chi connectivity index (χ4v) is 2.23. The first-order valence-corrected chi connectivity index (χ1v) is 7.39. The Balaban J connectivity index is 1.71. The second-order valence-electron chi connectivity index (χ2n) is 5.47. The van der Waals surface area contributed by atoms with Gasteiger partial charge in [0.1, 0.15) is 12.4 Å². The number of nitrogens with one attached hydrogen (secondary N) is 1. The van der Waals surface area contributed by atoms with E-state index >= 15 is 0 Å². The van der Waals surface area contributed by atoms with Crippen LogP contribution in [-0.2, 0) is 6.61 Å². The van der Waals surface area contributed by atoms with Crippen LogP contribution < -0.4 is 4.74 Å². The first-order chi connectivity index (χ1) is 11.5. The van der Waals surface area contributed by atoms with Gasteiger partial charge in [0.05, 0.1) is 4.92 Å². The van der Waals surface area contributed by atoms with E-state index in [9.17, 15) is 10.1 Å². The molecule has 7 heteroatoms. The van der Waals surface area contributed by atoms with Crippen molar-refractivity contribution in [2.75, 3.05) is 0 Å². The van der Waals surface area contributed by atoms with E-state index in [2.05, 4.69) is 15.2 Å². The minimum atomic E-state index is -0.439. The van der Waals surface area contributed by atoms with Gasteiger partial charge in [-0.3, -0.25) is 15.2 Å². The molecule has 0 amide bonds. The predicted molar refractivity (Wildman–Crippen MR) is 88.7 cm³/mol. The Morgan fingerprint density at radius 2 is 1.92 bits per heavy atom. The van der Waals surface area contributed by atoms with E-state index in [1.54, 1.807) is 12.1 Å². The fourth-order valence-electron chi connectivity index (χ4n) is 2.23. The van der Waals surface area contributed by atoms with Crippen LogP contribution in [0.25, 0.3) is 11.4 Å². The van der Waals surface area contributed by atoms with E-state index in [4.69, 9.17) is 4.74 Å². The topological polar surface area (TPSA) is 93.9 Å². The van der Waals surface area contributed by atoms with Crippen LogP contribution in [0.3, 0.4) is 0 Å². The lowest BCUT2D eigenvalue weighted by atomic mass is 10.1. The van der Waals surface area contributed by atoms with Gasteiger partial charge in [0, 0.05) is 17.7 Å². The number of rotatable bonds is 5. The molecule has 122 valence electrons. The molecule has 1 N–H and O–H groups in total. The van der Waals surface area contributed by atoms with Crippen molar-refractivity contribution in [1.82, 2.24) is 15.2 Å². The van der Waals surface area contributed by atoms with Gasteiger partial charge in [-0.15, -0.1) is 0 Å². The zero-order chi connectivity index (χ0) is 17.1. The molecule has 0 saturated heterocycles. The lowest BCUT2D eigenvalue weighted by Gasteiger charge is -2.08. The second-order valence-corrected chi connectivity index (χ2v) is 5.47. The molecule has 0 saturated carbocycles. The molecule has 0 aliphatic heterocycles. The number of non-ortho nitro benzene ring substituents is 1. The average Bonchev–Trinajstić information content (AvgIpc) is 3.05. The summed E-state index contributed by atoms with van der Waals surface area (Å²) in [6.07, 6.45) is 0. The summed E-state index contributed by atoms with van der Waals surface area (Å²) in [4.78, 5) is 14.6. The number of aromatic nitrogens is 3. The summed E-state index contributed by atoms with van der Waals surface area (Å²) in [5.41, 5.74) is 2.91. The van der Waals surface area contributed by atoms with Crippen molar-refractivity contribution in [3.05, 3.63) is 69.5 Å². The smallest absolute Gasteiger partial charge is 0.269 e. The molecule has 0 unspecified atom stereocenters. The number of hydrogen-bond donors (Lipinski definition) is 1. The van der Waals surface area contributed by atoms with E-state index in [0.29, 0.717) is 17.2 Å². The van der Waals surface area contributed by atoms with E-state index in [0.717, 1.165) is 16.9 Å². The van der Waals surface area contributed by atoms with Gasteiger partial charge in [0.25, 0.3) is 5.69 Å². The minimum absolute atomic E-state index is 0.0350. The van der Waals surface area contributed by atoms with Crippen molar-refractivity contribution in [2.24, 2.45) is 0 Å². The number of aryl methyl sites for hydroxylation is 2. The third-order valence-corrected chi connectivity index (χ3v) is 3.58. The summed E-state index contributed by atoms with van der Waals surface area (Å²) in [6, 6.07) is 12.1. The van der Waals surface area contributed by atoms with Gasteiger partial charge in [-0.1, -0.05) is 12.1 Å². The molecule has 7 nitrogen and oxygen atoms in total. The van der Waals surface area contributed by atoms with Crippen LogP contribution in [0.2, 0.25) is 0 Å². The van der Waals surface area contributed by atoms with Gasteiger partial charge < -0.3 is 4.74 Å². The fraction of sp³-hybridized carbons (Fsp3) is 0.176. The molecule has 0 atom stereocenters. The van der Waals surface area contributed by atoms with E-state index in [1.165, 1.54) is 12.1 Å². The van der Waals surface area contributed by atoms with Crippen molar-refractivity contribution < 1.29 is 9.66 Å². The summed E-state index contributed by atoms with van der Waals surface area (Å²) in [6.45, 7) is 4.26. The van der Waals surface area contributed by atoms with Crippen molar-refractivity contribution in [3.63, 3.8) is 0 Å². The van der Waals surface area contributed by atoms with Crippen LogP contribution >= 0.6 is 0 Å². The lowest BCUT2D eigenvalue weighted by Crippen LogP contribution is -1.99. The maximum absolute atomic E-state index is 10.7. The quantitative estimate of drug-likeness (QED) is 0.572. The molecular weight excluding hydrogens is 308 g/mol. The SMILES string of the molecule is Cc1ccc(C)c(OCc2nc(-c3ccc([N+](=O)[O-])cc3)n[nH]2)c1. The summed E-state index contributed by atoms with van der Waals surface area (Å²) in [5.74, 6) is 1.87. The van der Waals surface area contributed by atoms with Gasteiger partial charge in [-0.2, -0.15) is 5.10 Å². The van der Waals surface area contributed by atoms with Crippen LogP contribution in [0.4, 0.5) is 5.69 Å². The van der Waals surface area contributed by atoms with Crippen LogP contribution in [0.1, 0.15) is 17.0 Å². The Morgan fingerprint density at radius 3 is 2.62 bits per heavy atom. The van der Waals surface area contributed by atoms with Gasteiger partial charge in [-0.05, 0) is 43.2 Å². The van der Waals surface area contributed by atoms with Gasteiger partial charge in [0.2, 0.25) is 0 Å². The number of H-pyrrole nitrogens is 1. The van der Waals surface area contributed by atoms with Gasteiger partial charge in [0.15, 0.2) is 11.6 Å². The first kappa shape index (κ1) is 15.7. The molecule has 24 heavy (non-hydrogen) atoms. The van der Waals surface area contributed by atoms with Crippen molar-refractivity contribution >= 4 is 5.69 Å². The predicted octanol–water partition coefficient (Wildman–Crippen LogP) is 3.58. The highest BCUT2D eigenvalue weighted by atomic mass is 16.6. The number of nitrogens with zero attached hydrogens (tertiary/aromatic N) is 3. The molecule has 1 heterocycles. The Kier molecular flexibility index (Phi) is 4.24. The number of hydrogen-bond acceptors (Lipinski definition) is 5. The van der Waals surface area contributed by atoms with E-state index < -0.39 is 4.92 Å². The third-order valence-electron chi connectivity index (χ3n) is 3.58. The van der Waals surface area contributed by atoms with Crippen LogP contribution in [-0.4, -0.2) is 20.1 Å². The summed E-state index contributed by atoms with van der Waals surface area (Å²) >= 11 is 0. The number of aromatic amines is 1.